The van der Waals surface area contributed by atoms with Crippen LogP contribution in [0.1, 0.15) is 33.1 Å². The fourth-order valence-corrected chi connectivity index (χ4v) is 2.77. The second-order valence-electron chi connectivity index (χ2n) is 4.53. The van der Waals surface area contributed by atoms with Crippen LogP contribution in [0.3, 0.4) is 0 Å². The van der Waals surface area contributed by atoms with Gasteiger partial charge in [0.15, 0.2) is 0 Å². The van der Waals surface area contributed by atoms with Crippen LogP contribution in [0.2, 0.25) is 0 Å². The number of allylic oxidation sites excluding steroid dienone is 8. The molecule has 0 nitrogen and oxygen atoms in total. The highest BCUT2D eigenvalue weighted by Crippen LogP contribution is 2.46. The highest BCUT2D eigenvalue weighted by Gasteiger charge is 2.28. The van der Waals surface area contributed by atoms with E-state index >= 15 is 0 Å². The molecule has 0 heteroatoms. The molecule has 3 aliphatic rings. The van der Waals surface area contributed by atoms with Crippen LogP contribution in [0.25, 0.3) is 0 Å². The van der Waals surface area contributed by atoms with Gasteiger partial charge >= 0.3 is 0 Å². The van der Waals surface area contributed by atoms with Crippen molar-refractivity contribution in [3.8, 4) is 0 Å². The molecule has 0 N–H and O–H groups in total. The minimum Gasteiger partial charge on any atom is -0.0686 e. The van der Waals surface area contributed by atoms with Crippen molar-refractivity contribution >= 4 is 0 Å². The Balaban J connectivity index is 2.02. The summed E-state index contributed by atoms with van der Waals surface area (Å²) in [5, 5.41) is 0. The second kappa shape index (κ2) is 2.25. The normalized spacial score (nSPS) is 25.1. The average molecular weight is 170 g/mol. The lowest BCUT2D eigenvalue weighted by atomic mass is 10.0. The fourth-order valence-electron chi connectivity index (χ4n) is 2.77. The van der Waals surface area contributed by atoms with E-state index in [-0.39, 0.29) is 0 Å². The third-order valence-corrected chi connectivity index (χ3v) is 3.26. The standard InChI is InChI=1S/C13H14/c1-8-3-10-7-11-4-9(2)6-13(11)12(10)5-8/h3,6H,4-5,7H2,1-2H3. The molecule has 66 valence electrons. The van der Waals surface area contributed by atoms with E-state index in [1.807, 2.05) is 0 Å². The van der Waals surface area contributed by atoms with Gasteiger partial charge in [0.05, 0.1) is 0 Å². The number of hydrogen-bond donors (Lipinski definition) is 0. The summed E-state index contributed by atoms with van der Waals surface area (Å²) >= 11 is 0. The molecular weight excluding hydrogens is 156 g/mol. The molecule has 0 aromatic carbocycles. The molecule has 0 atom stereocenters. The zero-order valence-electron chi connectivity index (χ0n) is 8.28. The smallest absolute Gasteiger partial charge is 0.00517 e. The maximum Gasteiger partial charge on any atom is -0.00517 e. The molecule has 0 bridgehead atoms. The van der Waals surface area contributed by atoms with Gasteiger partial charge in [-0.15, -0.1) is 0 Å². The summed E-state index contributed by atoms with van der Waals surface area (Å²) in [5.74, 6) is 0. The largest absolute Gasteiger partial charge is 0.0686 e. The first-order valence-electron chi connectivity index (χ1n) is 5.03. The lowest BCUT2D eigenvalue weighted by Crippen LogP contribution is -1.81. The van der Waals surface area contributed by atoms with Gasteiger partial charge in [0.2, 0.25) is 0 Å². The lowest BCUT2D eigenvalue weighted by Gasteiger charge is -2.00. The van der Waals surface area contributed by atoms with Crippen molar-refractivity contribution < 1.29 is 0 Å². The van der Waals surface area contributed by atoms with E-state index in [4.69, 9.17) is 0 Å². The highest BCUT2D eigenvalue weighted by atomic mass is 14.3. The van der Waals surface area contributed by atoms with Crippen molar-refractivity contribution in [1.29, 1.82) is 0 Å². The molecule has 0 aromatic heterocycles. The molecule has 0 aliphatic heterocycles. The lowest BCUT2D eigenvalue weighted by molar-refractivity contribution is 1.06. The molecule has 0 radical (unpaired) electrons. The topological polar surface area (TPSA) is 0 Å². The zero-order chi connectivity index (χ0) is 9.00. The SMILES string of the molecule is CC1=CC2=C(C1)CC1=C2CC(C)=C1. The summed E-state index contributed by atoms with van der Waals surface area (Å²) in [6.07, 6.45) is 8.45. The fraction of sp³-hybridized carbons (Fsp3) is 0.385. The van der Waals surface area contributed by atoms with Crippen molar-refractivity contribution in [2.24, 2.45) is 0 Å². The first-order chi connectivity index (χ1) is 6.24. The molecule has 0 spiro atoms. The van der Waals surface area contributed by atoms with Gasteiger partial charge in [0.25, 0.3) is 0 Å². The van der Waals surface area contributed by atoms with Crippen LogP contribution in [0, 0.1) is 0 Å². The van der Waals surface area contributed by atoms with E-state index in [0.29, 0.717) is 0 Å². The Labute approximate surface area is 79.3 Å². The summed E-state index contributed by atoms with van der Waals surface area (Å²) in [4.78, 5) is 0. The van der Waals surface area contributed by atoms with E-state index in [9.17, 15) is 0 Å². The van der Waals surface area contributed by atoms with Gasteiger partial charge in [-0.25, -0.2) is 0 Å². The van der Waals surface area contributed by atoms with E-state index in [1.54, 1.807) is 27.9 Å². The third kappa shape index (κ3) is 0.918. The van der Waals surface area contributed by atoms with Gasteiger partial charge in [0, 0.05) is 0 Å². The second-order valence-corrected chi connectivity index (χ2v) is 4.53. The predicted molar refractivity (Wildman–Crippen MR) is 55.4 cm³/mol. The molecule has 0 aromatic rings. The molecule has 3 aliphatic carbocycles. The zero-order valence-corrected chi connectivity index (χ0v) is 8.28. The van der Waals surface area contributed by atoms with Crippen LogP contribution in [-0.2, 0) is 0 Å². The summed E-state index contributed by atoms with van der Waals surface area (Å²) in [6, 6.07) is 0. The van der Waals surface area contributed by atoms with Gasteiger partial charge in [-0.2, -0.15) is 0 Å². The molecular formula is C13H14. The van der Waals surface area contributed by atoms with Crippen LogP contribution >= 0.6 is 0 Å². The van der Waals surface area contributed by atoms with E-state index in [1.165, 1.54) is 24.8 Å². The Hall–Kier alpha value is -1.04. The molecule has 3 rings (SSSR count). The summed E-state index contributed by atoms with van der Waals surface area (Å²) in [6.45, 7) is 4.48. The molecule has 0 saturated carbocycles. The van der Waals surface area contributed by atoms with Gasteiger partial charge in [0.1, 0.15) is 0 Å². The predicted octanol–water partition coefficient (Wildman–Crippen LogP) is 3.68. The first kappa shape index (κ1) is 7.37. The van der Waals surface area contributed by atoms with Crippen molar-refractivity contribution in [3.05, 3.63) is 45.6 Å². The maximum atomic E-state index is 2.39. The van der Waals surface area contributed by atoms with E-state index in [0.717, 1.165) is 0 Å². The van der Waals surface area contributed by atoms with Crippen LogP contribution in [-0.4, -0.2) is 0 Å². The Kier molecular flexibility index (Phi) is 1.28. The Morgan fingerprint density at radius 3 is 2.54 bits per heavy atom. The first-order valence-corrected chi connectivity index (χ1v) is 5.03. The molecule has 0 heterocycles. The molecule has 0 saturated heterocycles. The van der Waals surface area contributed by atoms with Gasteiger partial charge in [-0.1, -0.05) is 28.9 Å². The van der Waals surface area contributed by atoms with Crippen LogP contribution in [0.4, 0.5) is 0 Å². The van der Waals surface area contributed by atoms with Crippen molar-refractivity contribution in [1.82, 2.24) is 0 Å². The molecule has 0 amide bonds. The molecule has 0 unspecified atom stereocenters. The summed E-state index contributed by atoms with van der Waals surface area (Å²) < 4.78 is 0. The van der Waals surface area contributed by atoms with Crippen molar-refractivity contribution in [3.63, 3.8) is 0 Å². The van der Waals surface area contributed by atoms with E-state index < -0.39 is 0 Å². The monoisotopic (exact) mass is 170 g/mol. The highest BCUT2D eigenvalue weighted by molar-refractivity contribution is 5.64. The molecule has 13 heavy (non-hydrogen) atoms. The average Bonchev–Trinajstić information content (AvgIpc) is 2.60. The quantitative estimate of drug-likeness (QED) is 0.520. The van der Waals surface area contributed by atoms with Crippen LogP contribution < -0.4 is 0 Å². The number of rotatable bonds is 0. The van der Waals surface area contributed by atoms with Crippen molar-refractivity contribution in [2.75, 3.05) is 0 Å². The minimum atomic E-state index is 1.21. The van der Waals surface area contributed by atoms with Gasteiger partial charge in [-0.05, 0) is 49.8 Å². The summed E-state index contributed by atoms with van der Waals surface area (Å²) in [7, 11) is 0. The van der Waals surface area contributed by atoms with Gasteiger partial charge in [-0.3, -0.25) is 0 Å². The van der Waals surface area contributed by atoms with Crippen LogP contribution in [0.15, 0.2) is 45.6 Å². The van der Waals surface area contributed by atoms with Crippen molar-refractivity contribution in [2.45, 2.75) is 33.1 Å². The Morgan fingerprint density at radius 1 is 0.923 bits per heavy atom. The van der Waals surface area contributed by atoms with E-state index in [2.05, 4.69) is 26.0 Å². The Morgan fingerprint density at radius 2 is 1.69 bits per heavy atom. The minimum absolute atomic E-state index is 1.21. The Bertz CT molecular complexity index is 411. The molecule has 0 fully saturated rings. The maximum absolute atomic E-state index is 2.39. The third-order valence-electron chi connectivity index (χ3n) is 3.26. The number of hydrogen-bond acceptors (Lipinski definition) is 0. The summed E-state index contributed by atoms with van der Waals surface area (Å²) in [5.41, 5.74) is 9.57. The van der Waals surface area contributed by atoms with Gasteiger partial charge < -0.3 is 0 Å². The van der Waals surface area contributed by atoms with Crippen LogP contribution in [0.5, 0.6) is 0 Å². The number of fused-ring (bicyclic) bond motifs is 1.